The summed E-state index contributed by atoms with van der Waals surface area (Å²) in [4.78, 5) is 0. The minimum absolute atomic E-state index is 0.776. The van der Waals surface area contributed by atoms with E-state index in [0.717, 1.165) is 17.2 Å². The van der Waals surface area contributed by atoms with Crippen LogP contribution in [0.15, 0.2) is 54.6 Å². The van der Waals surface area contributed by atoms with Gasteiger partial charge in [0.1, 0.15) is 5.75 Å². The molecule has 2 aromatic rings. The average Bonchev–Trinajstić information content (AvgIpc) is 2.42. The van der Waals surface area contributed by atoms with E-state index < -0.39 is 0 Å². The predicted octanol–water partition coefficient (Wildman–Crippen LogP) is 4.60. The normalized spacial score (nSPS) is 10.8. The highest BCUT2D eigenvalue weighted by atomic mass is 35.5. The maximum Gasteiger partial charge on any atom is 0.118 e. The minimum Gasteiger partial charge on any atom is -0.497 e. The Morgan fingerprint density at radius 2 is 1.67 bits per heavy atom. The Kier molecular flexibility index (Phi) is 4.43. The molecule has 1 nitrogen and oxygen atoms in total. The van der Waals surface area contributed by atoms with Crippen LogP contribution < -0.4 is 4.74 Å². The van der Waals surface area contributed by atoms with E-state index >= 15 is 0 Å². The molecular formula is C16H15ClO. The van der Waals surface area contributed by atoms with Crippen molar-refractivity contribution in [3.63, 3.8) is 0 Å². The number of benzene rings is 2. The van der Waals surface area contributed by atoms with Gasteiger partial charge in [0.15, 0.2) is 0 Å². The van der Waals surface area contributed by atoms with Gasteiger partial charge >= 0.3 is 0 Å². The Labute approximate surface area is 113 Å². The summed E-state index contributed by atoms with van der Waals surface area (Å²) in [6.07, 6.45) is 5.16. The molecule has 0 aliphatic heterocycles. The summed E-state index contributed by atoms with van der Waals surface area (Å²) in [6, 6.07) is 15.9. The fraction of sp³-hybridized carbons (Fsp3) is 0.125. The van der Waals surface area contributed by atoms with Crippen molar-refractivity contribution < 1.29 is 4.74 Å². The van der Waals surface area contributed by atoms with Crippen molar-refractivity contribution in [2.24, 2.45) is 0 Å². The molecule has 0 aromatic heterocycles. The van der Waals surface area contributed by atoms with Crippen LogP contribution in [0.25, 0.3) is 6.08 Å². The Balaban J connectivity index is 1.96. The van der Waals surface area contributed by atoms with E-state index in [1.54, 1.807) is 7.11 Å². The van der Waals surface area contributed by atoms with Gasteiger partial charge in [0, 0.05) is 5.02 Å². The SMILES string of the molecule is COc1ccc(C=CCc2ccc(Cl)cc2)cc1. The number of methoxy groups -OCH3 is 1. The van der Waals surface area contributed by atoms with Gasteiger partial charge in [-0.15, -0.1) is 0 Å². The molecule has 0 bridgehead atoms. The lowest BCUT2D eigenvalue weighted by Crippen LogP contribution is -1.82. The van der Waals surface area contributed by atoms with Crippen LogP contribution in [0.4, 0.5) is 0 Å². The summed E-state index contributed by atoms with van der Waals surface area (Å²) in [5.74, 6) is 0.879. The fourth-order valence-electron chi connectivity index (χ4n) is 1.67. The van der Waals surface area contributed by atoms with Gasteiger partial charge in [0.2, 0.25) is 0 Å². The van der Waals surface area contributed by atoms with Crippen molar-refractivity contribution in [2.45, 2.75) is 6.42 Å². The van der Waals surface area contributed by atoms with E-state index in [2.05, 4.69) is 12.2 Å². The molecule has 2 heteroatoms. The van der Waals surface area contributed by atoms with Crippen LogP contribution >= 0.6 is 11.6 Å². The Morgan fingerprint density at radius 3 is 2.28 bits per heavy atom. The molecule has 92 valence electrons. The maximum absolute atomic E-state index is 5.84. The molecule has 0 saturated heterocycles. The van der Waals surface area contributed by atoms with Crippen LogP contribution in [0.5, 0.6) is 5.75 Å². The lowest BCUT2D eigenvalue weighted by atomic mass is 10.1. The fourth-order valence-corrected chi connectivity index (χ4v) is 1.79. The van der Waals surface area contributed by atoms with E-state index in [4.69, 9.17) is 16.3 Å². The smallest absolute Gasteiger partial charge is 0.118 e. The molecule has 0 radical (unpaired) electrons. The second-order valence-corrected chi connectivity index (χ2v) is 4.44. The van der Waals surface area contributed by atoms with Gasteiger partial charge in [-0.1, -0.05) is 48.0 Å². The third kappa shape index (κ3) is 3.64. The summed E-state index contributed by atoms with van der Waals surface area (Å²) in [5, 5.41) is 0.776. The molecule has 18 heavy (non-hydrogen) atoms. The van der Waals surface area contributed by atoms with Crippen molar-refractivity contribution in [2.75, 3.05) is 7.11 Å². The zero-order chi connectivity index (χ0) is 12.8. The summed E-state index contributed by atoms with van der Waals surface area (Å²) in [6.45, 7) is 0. The molecule has 0 atom stereocenters. The molecule has 0 aliphatic carbocycles. The first-order valence-corrected chi connectivity index (χ1v) is 6.21. The van der Waals surface area contributed by atoms with E-state index in [1.807, 2.05) is 48.5 Å². The summed E-state index contributed by atoms with van der Waals surface area (Å²) >= 11 is 5.84. The van der Waals surface area contributed by atoms with E-state index in [-0.39, 0.29) is 0 Å². The molecule has 0 N–H and O–H groups in total. The monoisotopic (exact) mass is 258 g/mol. The average molecular weight is 259 g/mol. The summed E-state index contributed by atoms with van der Waals surface area (Å²) < 4.78 is 5.12. The molecule has 2 aromatic carbocycles. The third-order valence-electron chi connectivity index (χ3n) is 2.69. The highest BCUT2D eigenvalue weighted by Gasteiger charge is 1.92. The highest BCUT2D eigenvalue weighted by Crippen LogP contribution is 2.13. The van der Waals surface area contributed by atoms with Crippen molar-refractivity contribution in [3.05, 3.63) is 70.8 Å². The Morgan fingerprint density at radius 1 is 1.00 bits per heavy atom. The van der Waals surface area contributed by atoms with Crippen LogP contribution in [0.1, 0.15) is 11.1 Å². The number of hydrogen-bond donors (Lipinski definition) is 0. The van der Waals surface area contributed by atoms with E-state index in [0.29, 0.717) is 0 Å². The molecule has 0 unspecified atom stereocenters. The molecule has 0 saturated carbocycles. The lowest BCUT2D eigenvalue weighted by molar-refractivity contribution is 0.415. The quantitative estimate of drug-likeness (QED) is 0.779. The van der Waals surface area contributed by atoms with Crippen molar-refractivity contribution >= 4 is 17.7 Å². The zero-order valence-electron chi connectivity index (χ0n) is 10.3. The van der Waals surface area contributed by atoms with Crippen molar-refractivity contribution in [3.8, 4) is 5.75 Å². The standard InChI is InChI=1S/C16H15ClO/c1-18-16-11-7-14(8-12-16)4-2-3-13-5-9-15(17)10-6-13/h2,4-12H,3H2,1H3. The molecule has 2 rings (SSSR count). The third-order valence-corrected chi connectivity index (χ3v) is 2.94. The van der Waals surface area contributed by atoms with Gasteiger partial charge in [-0.05, 0) is 41.8 Å². The van der Waals surface area contributed by atoms with Gasteiger partial charge in [-0.3, -0.25) is 0 Å². The van der Waals surface area contributed by atoms with E-state index in [9.17, 15) is 0 Å². The predicted molar refractivity (Wildman–Crippen MR) is 77.2 cm³/mol. The Bertz CT molecular complexity index is 512. The highest BCUT2D eigenvalue weighted by molar-refractivity contribution is 6.30. The van der Waals surface area contributed by atoms with Crippen LogP contribution in [0.3, 0.4) is 0 Å². The number of hydrogen-bond acceptors (Lipinski definition) is 1. The molecule has 0 spiro atoms. The van der Waals surface area contributed by atoms with Crippen LogP contribution in [-0.2, 0) is 6.42 Å². The van der Waals surface area contributed by atoms with Gasteiger partial charge in [-0.25, -0.2) is 0 Å². The lowest BCUT2D eigenvalue weighted by Gasteiger charge is -1.99. The largest absolute Gasteiger partial charge is 0.497 e. The molecule has 0 aliphatic rings. The number of rotatable bonds is 4. The zero-order valence-corrected chi connectivity index (χ0v) is 11.0. The second kappa shape index (κ2) is 6.27. The maximum atomic E-state index is 5.84. The summed E-state index contributed by atoms with van der Waals surface area (Å²) in [5.41, 5.74) is 2.42. The van der Waals surface area contributed by atoms with Gasteiger partial charge < -0.3 is 4.74 Å². The first kappa shape index (κ1) is 12.7. The van der Waals surface area contributed by atoms with Gasteiger partial charge in [0.05, 0.1) is 7.11 Å². The van der Waals surface area contributed by atoms with Crippen LogP contribution in [0, 0.1) is 0 Å². The second-order valence-electron chi connectivity index (χ2n) is 4.01. The van der Waals surface area contributed by atoms with Crippen molar-refractivity contribution in [1.82, 2.24) is 0 Å². The number of halogens is 1. The Hall–Kier alpha value is -1.73. The molecule has 0 heterocycles. The summed E-state index contributed by atoms with van der Waals surface area (Å²) in [7, 11) is 1.67. The van der Waals surface area contributed by atoms with Crippen molar-refractivity contribution in [1.29, 1.82) is 0 Å². The van der Waals surface area contributed by atoms with E-state index in [1.165, 1.54) is 11.1 Å². The van der Waals surface area contributed by atoms with Crippen LogP contribution in [-0.4, -0.2) is 7.11 Å². The minimum atomic E-state index is 0.776. The number of ether oxygens (including phenoxy) is 1. The van der Waals surface area contributed by atoms with Crippen LogP contribution in [0.2, 0.25) is 5.02 Å². The molecular weight excluding hydrogens is 244 g/mol. The molecule has 0 fully saturated rings. The van der Waals surface area contributed by atoms with Gasteiger partial charge in [0.25, 0.3) is 0 Å². The van der Waals surface area contributed by atoms with Gasteiger partial charge in [-0.2, -0.15) is 0 Å². The topological polar surface area (TPSA) is 9.23 Å². The number of allylic oxidation sites excluding steroid dienone is 1. The molecule has 0 amide bonds. The first-order chi connectivity index (χ1) is 8.78. The first-order valence-electron chi connectivity index (χ1n) is 5.83.